The van der Waals surface area contributed by atoms with Crippen molar-refractivity contribution in [1.29, 1.82) is 0 Å². The Balaban J connectivity index is 2.37. The second-order valence-corrected chi connectivity index (χ2v) is 3.72. The van der Waals surface area contributed by atoms with Crippen molar-refractivity contribution in [2.75, 3.05) is 13.4 Å². The largest absolute Gasteiger partial charge is 0.454 e. The van der Waals surface area contributed by atoms with Crippen LogP contribution < -0.4 is 15.4 Å². The van der Waals surface area contributed by atoms with Crippen molar-refractivity contribution in [2.24, 2.45) is 5.90 Å². The van der Waals surface area contributed by atoms with Gasteiger partial charge in [0.2, 0.25) is 6.79 Å². The number of benzene rings is 1. The molecule has 1 heterocycles. The molecule has 1 aliphatic rings. The van der Waals surface area contributed by atoms with Crippen LogP contribution >= 0.6 is 11.6 Å². The summed E-state index contributed by atoms with van der Waals surface area (Å²) in [5.41, 5.74) is 1.98. The second-order valence-electron chi connectivity index (χ2n) is 3.32. The second kappa shape index (κ2) is 4.26. The SMILES string of the molecule is Cc1c(CCON)c(Cl)cc2c1OCO2. The van der Waals surface area contributed by atoms with Gasteiger partial charge in [0.25, 0.3) is 0 Å². The van der Waals surface area contributed by atoms with E-state index in [0.717, 1.165) is 16.9 Å². The topological polar surface area (TPSA) is 53.7 Å². The van der Waals surface area contributed by atoms with Crippen LogP contribution in [-0.2, 0) is 11.3 Å². The molecule has 5 heteroatoms. The maximum atomic E-state index is 6.12. The lowest BCUT2D eigenvalue weighted by Crippen LogP contribution is -2.05. The van der Waals surface area contributed by atoms with Gasteiger partial charge >= 0.3 is 0 Å². The zero-order valence-electron chi connectivity index (χ0n) is 8.38. The molecule has 2 N–H and O–H groups in total. The lowest BCUT2D eigenvalue weighted by atomic mass is 10.0. The molecule has 2 rings (SSSR count). The van der Waals surface area contributed by atoms with Crippen molar-refractivity contribution >= 4 is 11.6 Å². The lowest BCUT2D eigenvalue weighted by Gasteiger charge is -2.10. The average molecular weight is 230 g/mol. The van der Waals surface area contributed by atoms with Gasteiger partial charge in [0.1, 0.15) is 0 Å². The molecule has 0 aliphatic carbocycles. The van der Waals surface area contributed by atoms with Crippen LogP contribution in [0, 0.1) is 6.92 Å². The highest BCUT2D eigenvalue weighted by molar-refractivity contribution is 6.31. The molecule has 0 amide bonds. The molecule has 1 aromatic rings. The molecular formula is C10H12ClNO3. The van der Waals surface area contributed by atoms with E-state index in [1.165, 1.54) is 0 Å². The summed E-state index contributed by atoms with van der Waals surface area (Å²) < 4.78 is 10.6. The number of hydrogen-bond acceptors (Lipinski definition) is 4. The molecule has 0 unspecified atom stereocenters. The first-order valence-electron chi connectivity index (χ1n) is 4.63. The van der Waals surface area contributed by atoms with Gasteiger partial charge in [-0.05, 0) is 24.5 Å². The molecular weight excluding hydrogens is 218 g/mol. The fourth-order valence-corrected chi connectivity index (χ4v) is 2.01. The van der Waals surface area contributed by atoms with Gasteiger partial charge in [0.05, 0.1) is 6.61 Å². The molecule has 0 bridgehead atoms. The molecule has 4 nitrogen and oxygen atoms in total. The van der Waals surface area contributed by atoms with Crippen LogP contribution in [0.2, 0.25) is 5.02 Å². The van der Waals surface area contributed by atoms with E-state index in [4.69, 9.17) is 27.0 Å². The van der Waals surface area contributed by atoms with Crippen LogP contribution in [0.4, 0.5) is 0 Å². The molecule has 0 atom stereocenters. The molecule has 0 aromatic heterocycles. The summed E-state index contributed by atoms with van der Waals surface area (Å²) in [4.78, 5) is 4.54. The number of rotatable bonds is 3. The van der Waals surface area contributed by atoms with Crippen LogP contribution in [0.3, 0.4) is 0 Å². The van der Waals surface area contributed by atoms with Gasteiger partial charge in [-0.2, -0.15) is 0 Å². The number of hydrogen-bond donors (Lipinski definition) is 1. The predicted molar refractivity (Wildman–Crippen MR) is 56.2 cm³/mol. The minimum atomic E-state index is 0.253. The Morgan fingerprint density at radius 3 is 3.07 bits per heavy atom. The maximum Gasteiger partial charge on any atom is 0.231 e. The molecule has 0 radical (unpaired) electrons. The zero-order chi connectivity index (χ0) is 10.8. The van der Waals surface area contributed by atoms with Crippen LogP contribution in [0.15, 0.2) is 6.07 Å². The summed E-state index contributed by atoms with van der Waals surface area (Å²) in [5.74, 6) is 6.46. The van der Waals surface area contributed by atoms with Gasteiger partial charge in [0.15, 0.2) is 11.5 Å². The van der Waals surface area contributed by atoms with Gasteiger partial charge in [-0.15, -0.1) is 0 Å². The first kappa shape index (κ1) is 10.5. The van der Waals surface area contributed by atoms with E-state index in [1.807, 2.05) is 6.92 Å². The van der Waals surface area contributed by atoms with Crippen molar-refractivity contribution in [3.8, 4) is 11.5 Å². The third kappa shape index (κ3) is 1.88. The summed E-state index contributed by atoms with van der Waals surface area (Å²) in [5, 5.41) is 0.661. The number of ether oxygens (including phenoxy) is 2. The average Bonchev–Trinajstić information content (AvgIpc) is 2.65. The maximum absolute atomic E-state index is 6.12. The van der Waals surface area contributed by atoms with E-state index in [-0.39, 0.29) is 6.79 Å². The molecule has 0 saturated carbocycles. The highest BCUT2D eigenvalue weighted by Gasteiger charge is 2.20. The fraction of sp³-hybridized carbons (Fsp3) is 0.400. The smallest absolute Gasteiger partial charge is 0.231 e. The molecule has 1 aliphatic heterocycles. The van der Waals surface area contributed by atoms with Gasteiger partial charge in [-0.25, -0.2) is 5.90 Å². The van der Waals surface area contributed by atoms with Crippen molar-refractivity contribution in [3.63, 3.8) is 0 Å². The molecule has 0 saturated heterocycles. The zero-order valence-corrected chi connectivity index (χ0v) is 9.13. The Morgan fingerprint density at radius 2 is 2.33 bits per heavy atom. The Bertz CT molecular complexity index is 381. The van der Waals surface area contributed by atoms with E-state index in [2.05, 4.69) is 4.84 Å². The Hall–Kier alpha value is -0.970. The molecule has 0 spiro atoms. The summed E-state index contributed by atoms with van der Waals surface area (Å²) in [6.45, 7) is 2.63. The van der Waals surface area contributed by atoms with Crippen LogP contribution in [0.5, 0.6) is 11.5 Å². The van der Waals surface area contributed by atoms with Crippen LogP contribution in [0.1, 0.15) is 11.1 Å². The molecule has 82 valence electrons. The lowest BCUT2D eigenvalue weighted by molar-refractivity contribution is 0.141. The third-order valence-corrected chi connectivity index (χ3v) is 2.79. The Morgan fingerprint density at radius 1 is 1.53 bits per heavy atom. The van der Waals surface area contributed by atoms with E-state index in [1.54, 1.807) is 6.07 Å². The summed E-state index contributed by atoms with van der Waals surface area (Å²) in [6.07, 6.45) is 0.664. The Kier molecular flexibility index (Phi) is 3.00. The van der Waals surface area contributed by atoms with Crippen molar-refractivity contribution in [3.05, 3.63) is 22.2 Å². The van der Waals surface area contributed by atoms with E-state index in [0.29, 0.717) is 23.8 Å². The van der Waals surface area contributed by atoms with E-state index >= 15 is 0 Å². The predicted octanol–water partition coefficient (Wildman–Crippen LogP) is 1.81. The highest BCUT2D eigenvalue weighted by Crippen LogP contribution is 2.40. The van der Waals surface area contributed by atoms with Gasteiger partial charge in [0, 0.05) is 11.1 Å². The normalized spacial score (nSPS) is 13.3. The summed E-state index contributed by atoms with van der Waals surface area (Å²) in [7, 11) is 0. The monoisotopic (exact) mass is 229 g/mol. The minimum Gasteiger partial charge on any atom is -0.454 e. The van der Waals surface area contributed by atoms with Crippen molar-refractivity contribution in [2.45, 2.75) is 13.3 Å². The summed E-state index contributed by atoms with van der Waals surface area (Å²) in [6, 6.07) is 1.77. The first-order chi connectivity index (χ1) is 7.24. The first-order valence-corrected chi connectivity index (χ1v) is 5.01. The van der Waals surface area contributed by atoms with Gasteiger partial charge in [-0.3, -0.25) is 0 Å². The number of fused-ring (bicyclic) bond motifs is 1. The molecule has 1 aromatic carbocycles. The minimum absolute atomic E-state index is 0.253. The van der Waals surface area contributed by atoms with Crippen molar-refractivity contribution < 1.29 is 14.3 Å². The third-order valence-electron chi connectivity index (χ3n) is 2.45. The van der Waals surface area contributed by atoms with Gasteiger partial charge < -0.3 is 14.3 Å². The molecule has 0 fully saturated rings. The van der Waals surface area contributed by atoms with E-state index < -0.39 is 0 Å². The fourth-order valence-electron chi connectivity index (χ4n) is 1.68. The summed E-state index contributed by atoms with van der Waals surface area (Å²) >= 11 is 6.12. The van der Waals surface area contributed by atoms with Crippen molar-refractivity contribution in [1.82, 2.24) is 0 Å². The molecule has 15 heavy (non-hydrogen) atoms. The standard InChI is InChI=1S/C10H12ClNO3/c1-6-7(2-3-15-12)8(11)4-9-10(6)14-5-13-9/h4H,2-3,5,12H2,1H3. The van der Waals surface area contributed by atoms with Crippen LogP contribution in [-0.4, -0.2) is 13.4 Å². The quantitative estimate of drug-likeness (QED) is 0.804. The number of nitrogens with two attached hydrogens (primary N) is 1. The van der Waals surface area contributed by atoms with Crippen LogP contribution in [0.25, 0.3) is 0 Å². The van der Waals surface area contributed by atoms with Gasteiger partial charge in [-0.1, -0.05) is 11.6 Å². The van der Waals surface area contributed by atoms with E-state index in [9.17, 15) is 0 Å². The number of halogens is 1. The Labute approximate surface area is 92.8 Å². The highest BCUT2D eigenvalue weighted by atomic mass is 35.5.